The molecule has 2 aromatic rings. The molecule has 3 amide bonds. The molecule has 2 saturated heterocycles. The van der Waals surface area contributed by atoms with Crippen molar-refractivity contribution in [1.29, 1.82) is 0 Å². The molecule has 0 bridgehead atoms. The largest absolute Gasteiger partial charge is 0.497 e. The molecule has 9 heteroatoms. The predicted molar refractivity (Wildman–Crippen MR) is 139 cm³/mol. The average molecular weight is 494 g/mol. The number of hydrogen-bond donors (Lipinski definition) is 2. The Hall–Kier alpha value is -3.59. The van der Waals surface area contributed by atoms with Gasteiger partial charge in [-0.1, -0.05) is 17.7 Å². The Morgan fingerprint density at radius 2 is 1.75 bits per heavy atom. The lowest BCUT2D eigenvalue weighted by atomic mass is 10.1. The van der Waals surface area contributed by atoms with Crippen molar-refractivity contribution < 1.29 is 19.1 Å². The second-order valence-corrected chi connectivity index (χ2v) is 9.43. The van der Waals surface area contributed by atoms with Gasteiger partial charge in [0.2, 0.25) is 17.7 Å². The molecular formula is C27H35N5O4. The highest BCUT2D eigenvalue weighted by Crippen LogP contribution is 2.21. The molecule has 0 aliphatic carbocycles. The topological polar surface area (TPSA) is 94.2 Å². The Labute approximate surface area is 212 Å². The van der Waals surface area contributed by atoms with Gasteiger partial charge in [-0.3, -0.25) is 19.3 Å². The Morgan fingerprint density at radius 1 is 1.03 bits per heavy atom. The first-order chi connectivity index (χ1) is 17.3. The standard InChI is InChI=1S/C27H35N5O4/c1-19-4-9-23(20(2)16-19)29-25(33)17-24-27(35)28-10-11-32(24)26(34)18-30-12-14-31(15-13-30)21-5-7-22(36-3)8-6-21/h4-9,16,24H,10-15,17-18H2,1-3H3,(H,28,35)(H,29,33)/t24-/m0/s1. The first-order valence-corrected chi connectivity index (χ1v) is 12.4. The molecule has 4 rings (SSSR count). The maximum absolute atomic E-state index is 13.2. The number of aryl methyl sites for hydroxylation is 2. The molecule has 2 heterocycles. The second kappa shape index (κ2) is 11.4. The van der Waals surface area contributed by atoms with Crippen LogP contribution >= 0.6 is 0 Å². The maximum Gasteiger partial charge on any atom is 0.243 e. The summed E-state index contributed by atoms with van der Waals surface area (Å²) >= 11 is 0. The number of hydrogen-bond acceptors (Lipinski definition) is 6. The molecule has 192 valence electrons. The molecule has 0 saturated carbocycles. The van der Waals surface area contributed by atoms with E-state index in [9.17, 15) is 14.4 Å². The van der Waals surface area contributed by atoms with Gasteiger partial charge in [0.05, 0.1) is 20.1 Å². The van der Waals surface area contributed by atoms with E-state index in [0.29, 0.717) is 13.1 Å². The molecule has 0 unspecified atom stereocenters. The van der Waals surface area contributed by atoms with Crippen molar-refractivity contribution in [3.05, 3.63) is 53.6 Å². The van der Waals surface area contributed by atoms with Gasteiger partial charge in [-0.15, -0.1) is 0 Å². The summed E-state index contributed by atoms with van der Waals surface area (Å²) in [6, 6.07) is 13.0. The normalized spacial score (nSPS) is 18.5. The molecule has 1 atom stereocenters. The number of nitrogens with one attached hydrogen (secondary N) is 2. The number of benzene rings is 2. The SMILES string of the molecule is COc1ccc(N2CCN(CC(=O)N3CCNC(=O)[C@@H]3CC(=O)Nc3ccc(C)cc3C)CC2)cc1. The van der Waals surface area contributed by atoms with Gasteiger partial charge in [0, 0.05) is 50.6 Å². The molecule has 2 fully saturated rings. The van der Waals surface area contributed by atoms with E-state index in [4.69, 9.17) is 4.74 Å². The second-order valence-electron chi connectivity index (χ2n) is 9.43. The lowest BCUT2D eigenvalue weighted by molar-refractivity contribution is -0.145. The fourth-order valence-corrected chi connectivity index (χ4v) is 4.79. The molecule has 2 aliphatic heterocycles. The number of piperazine rings is 2. The van der Waals surface area contributed by atoms with Crippen molar-refractivity contribution in [3.8, 4) is 5.75 Å². The zero-order valence-electron chi connectivity index (χ0n) is 21.3. The van der Waals surface area contributed by atoms with Crippen LogP contribution in [0.3, 0.4) is 0 Å². The lowest BCUT2D eigenvalue weighted by Gasteiger charge is -2.39. The van der Waals surface area contributed by atoms with Crippen molar-refractivity contribution in [2.45, 2.75) is 26.3 Å². The third-order valence-corrected chi connectivity index (χ3v) is 6.85. The van der Waals surface area contributed by atoms with Crippen LogP contribution in [0.15, 0.2) is 42.5 Å². The molecule has 9 nitrogen and oxygen atoms in total. The number of carbonyl (C=O) groups excluding carboxylic acids is 3. The molecule has 2 aliphatic rings. The molecule has 0 radical (unpaired) electrons. The van der Waals surface area contributed by atoms with Crippen LogP contribution in [0.2, 0.25) is 0 Å². The Kier molecular flexibility index (Phi) is 8.10. The van der Waals surface area contributed by atoms with Crippen LogP contribution in [0, 0.1) is 13.8 Å². The zero-order valence-corrected chi connectivity index (χ0v) is 21.3. The summed E-state index contributed by atoms with van der Waals surface area (Å²) in [6.07, 6.45) is -0.0733. The van der Waals surface area contributed by atoms with Crippen LogP contribution in [0.4, 0.5) is 11.4 Å². The fraction of sp³-hybridized carbons (Fsp3) is 0.444. The predicted octanol–water partition coefficient (Wildman–Crippen LogP) is 1.79. The summed E-state index contributed by atoms with van der Waals surface area (Å²) in [7, 11) is 1.65. The number of carbonyl (C=O) groups is 3. The molecule has 0 aromatic heterocycles. The minimum absolute atomic E-state index is 0.0733. The van der Waals surface area contributed by atoms with Crippen molar-refractivity contribution in [2.75, 3.05) is 63.1 Å². The molecule has 0 spiro atoms. The van der Waals surface area contributed by atoms with Crippen molar-refractivity contribution in [2.24, 2.45) is 0 Å². The lowest BCUT2D eigenvalue weighted by Crippen LogP contribution is -2.60. The summed E-state index contributed by atoms with van der Waals surface area (Å²) in [5.74, 6) is 0.141. The Balaban J connectivity index is 1.32. The smallest absolute Gasteiger partial charge is 0.243 e. The van der Waals surface area contributed by atoms with E-state index < -0.39 is 6.04 Å². The van der Waals surface area contributed by atoms with Crippen LogP contribution in [0.1, 0.15) is 17.5 Å². The highest BCUT2D eigenvalue weighted by molar-refractivity contribution is 5.98. The molecular weight excluding hydrogens is 458 g/mol. The highest BCUT2D eigenvalue weighted by Gasteiger charge is 2.35. The number of amides is 3. The first-order valence-electron chi connectivity index (χ1n) is 12.4. The quantitative estimate of drug-likeness (QED) is 0.611. The van der Waals surface area contributed by atoms with Crippen LogP contribution in [-0.2, 0) is 14.4 Å². The number of nitrogens with zero attached hydrogens (tertiary/aromatic N) is 3. The van der Waals surface area contributed by atoms with E-state index in [1.165, 1.54) is 0 Å². The van der Waals surface area contributed by atoms with Gasteiger partial charge in [0.15, 0.2) is 0 Å². The monoisotopic (exact) mass is 493 g/mol. The average Bonchev–Trinajstić information content (AvgIpc) is 2.87. The maximum atomic E-state index is 13.2. The highest BCUT2D eigenvalue weighted by atomic mass is 16.5. The summed E-state index contributed by atoms with van der Waals surface area (Å²) in [5, 5.41) is 5.69. The third-order valence-electron chi connectivity index (χ3n) is 6.85. The van der Waals surface area contributed by atoms with Gasteiger partial charge in [0.1, 0.15) is 11.8 Å². The van der Waals surface area contributed by atoms with Gasteiger partial charge in [0.25, 0.3) is 0 Å². The minimum Gasteiger partial charge on any atom is -0.497 e. The third kappa shape index (κ3) is 6.15. The van der Waals surface area contributed by atoms with Crippen molar-refractivity contribution in [1.82, 2.24) is 15.1 Å². The van der Waals surface area contributed by atoms with Gasteiger partial charge in [-0.25, -0.2) is 0 Å². The summed E-state index contributed by atoms with van der Waals surface area (Å²) in [4.78, 5) is 44.6. The van der Waals surface area contributed by atoms with E-state index in [2.05, 4.69) is 20.4 Å². The fourth-order valence-electron chi connectivity index (χ4n) is 4.79. The van der Waals surface area contributed by atoms with Crippen LogP contribution in [0.5, 0.6) is 5.75 Å². The van der Waals surface area contributed by atoms with Gasteiger partial charge < -0.3 is 25.2 Å². The molecule has 2 aromatic carbocycles. The molecule has 36 heavy (non-hydrogen) atoms. The van der Waals surface area contributed by atoms with E-state index in [-0.39, 0.29) is 30.7 Å². The van der Waals surface area contributed by atoms with Crippen LogP contribution < -0.4 is 20.3 Å². The number of methoxy groups -OCH3 is 1. The van der Waals surface area contributed by atoms with E-state index >= 15 is 0 Å². The Bertz CT molecular complexity index is 1100. The van der Waals surface area contributed by atoms with Gasteiger partial charge in [-0.05, 0) is 49.7 Å². The number of rotatable bonds is 7. The van der Waals surface area contributed by atoms with Crippen LogP contribution in [-0.4, -0.2) is 86.5 Å². The number of ether oxygens (including phenoxy) is 1. The summed E-state index contributed by atoms with van der Waals surface area (Å²) in [6.45, 7) is 8.06. The minimum atomic E-state index is -0.808. The summed E-state index contributed by atoms with van der Waals surface area (Å²) in [5.41, 5.74) is 3.91. The van der Waals surface area contributed by atoms with Gasteiger partial charge in [-0.2, -0.15) is 0 Å². The number of anilines is 2. The van der Waals surface area contributed by atoms with E-state index in [0.717, 1.165) is 54.4 Å². The van der Waals surface area contributed by atoms with Crippen LogP contribution in [0.25, 0.3) is 0 Å². The van der Waals surface area contributed by atoms with E-state index in [1.54, 1.807) is 12.0 Å². The van der Waals surface area contributed by atoms with Gasteiger partial charge >= 0.3 is 0 Å². The summed E-state index contributed by atoms with van der Waals surface area (Å²) < 4.78 is 5.23. The van der Waals surface area contributed by atoms with E-state index in [1.807, 2.05) is 56.3 Å². The molecule has 2 N–H and O–H groups in total. The first kappa shape index (κ1) is 25.5. The van der Waals surface area contributed by atoms with Crippen molar-refractivity contribution >= 4 is 29.1 Å². The zero-order chi connectivity index (χ0) is 25.7. The Morgan fingerprint density at radius 3 is 2.42 bits per heavy atom. The van der Waals surface area contributed by atoms with Crippen molar-refractivity contribution in [3.63, 3.8) is 0 Å².